The third-order valence-electron chi connectivity index (χ3n) is 5.94. The Bertz CT molecular complexity index is 731. The summed E-state index contributed by atoms with van der Waals surface area (Å²) in [6.45, 7) is 5.75. The first-order valence-corrected chi connectivity index (χ1v) is 11.2. The Hall–Kier alpha value is -1.83. The van der Waals surface area contributed by atoms with Crippen LogP contribution in [-0.4, -0.2) is 57.9 Å². The lowest BCUT2D eigenvalue weighted by molar-refractivity contribution is -0.127. The van der Waals surface area contributed by atoms with Gasteiger partial charge in [-0.1, -0.05) is 6.07 Å². The van der Waals surface area contributed by atoms with Crippen LogP contribution in [0.5, 0.6) is 0 Å². The van der Waals surface area contributed by atoms with Crippen molar-refractivity contribution in [3.05, 3.63) is 46.7 Å². The van der Waals surface area contributed by atoms with Crippen molar-refractivity contribution in [1.29, 1.82) is 0 Å². The van der Waals surface area contributed by atoms with Crippen LogP contribution in [0.25, 0.3) is 0 Å². The predicted octanol–water partition coefficient (Wildman–Crippen LogP) is 2.53. The maximum atomic E-state index is 12.6. The summed E-state index contributed by atoms with van der Waals surface area (Å²) in [5, 5.41) is 5.23. The lowest BCUT2D eigenvalue weighted by Gasteiger charge is -2.42. The fourth-order valence-corrected chi connectivity index (χ4v) is 4.91. The summed E-state index contributed by atoms with van der Waals surface area (Å²) in [4.78, 5) is 26.4. The fourth-order valence-electron chi connectivity index (χ4n) is 4.36. The summed E-state index contributed by atoms with van der Waals surface area (Å²) >= 11 is 1.67. The number of hydrogen-bond donors (Lipinski definition) is 1. The van der Waals surface area contributed by atoms with Crippen LogP contribution in [0.4, 0.5) is 0 Å². The van der Waals surface area contributed by atoms with Gasteiger partial charge >= 0.3 is 0 Å². The predicted molar refractivity (Wildman–Crippen MR) is 111 cm³/mol. The monoisotopic (exact) mass is 399 g/mol. The van der Waals surface area contributed by atoms with Gasteiger partial charge in [-0.15, -0.1) is 11.3 Å². The van der Waals surface area contributed by atoms with Gasteiger partial charge in [0.25, 0.3) is 0 Å². The van der Waals surface area contributed by atoms with Gasteiger partial charge in [0, 0.05) is 43.8 Å². The van der Waals surface area contributed by atoms with Crippen molar-refractivity contribution in [3.8, 4) is 0 Å². The first-order valence-electron chi connectivity index (χ1n) is 10.3. The number of rotatable bonds is 6. The van der Waals surface area contributed by atoms with Gasteiger partial charge in [-0.05, 0) is 44.4 Å². The highest BCUT2D eigenvalue weighted by Crippen LogP contribution is 2.24. The zero-order valence-electron chi connectivity index (χ0n) is 16.3. The third kappa shape index (κ3) is 5.16. The number of thiazole rings is 1. The van der Waals surface area contributed by atoms with E-state index < -0.39 is 0 Å². The molecule has 4 heterocycles. The molecule has 0 saturated carbocycles. The summed E-state index contributed by atoms with van der Waals surface area (Å²) in [6, 6.07) is 6.41. The van der Waals surface area contributed by atoms with E-state index in [1.807, 2.05) is 23.7 Å². The molecule has 2 aromatic heterocycles. The van der Waals surface area contributed by atoms with Crippen molar-refractivity contribution in [2.24, 2.45) is 5.92 Å². The average molecular weight is 400 g/mol. The fraction of sp³-hybridized carbons (Fsp3) is 0.571. The van der Waals surface area contributed by atoms with Crippen LogP contribution in [0.3, 0.4) is 0 Å². The maximum absolute atomic E-state index is 12.6. The number of piperidine rings is 2. The van der Waals surface area contributed by atoms with Crippen LogP contribution in [0.1, 0.15) is 37.1 Å². The summed E-state index contributed by atoms with van der Waals surface area (Å²) in [5.74, 6) is 0.279. The lowest BCUT2D eigenvalue weighted by Crippen LogP contribution is -2.50. The summed E-state index contributed by atoms with van der Waals surface area (Å²) in [6.07, 6.45) is 6.25. The van der Waals surface area contributed by atoms with Gasteiger partial charge in [0.15, 0.2) is 0 Å². The Kier molecular flexibility index (Phi) is 6.67. The smallest absolute Gasteiger partial charge is 0.224 e. The Morgan fingerprint density at radius 2 is 2.04 bits per heavy atom. The Morgan fingerprint density at radius 1 is 1.14 bits per heavy atom. The zero-order chi connectivity index (χ0) is 19.2. The topological polar surface area (TPSA) is 61.4 Å². The number of carbonyl (C=O) groups is 1. The minimum Gasteiger partial charge on any atom is -0.350 e. The molecule has 0 bridgehead atoms. The maximum Gasteiger partial charge on any atom is 0.224 e. The SMILES string of the molecule is O=C(NCc1ccccn1)C1CCCN(C2CCN(Cc3cscn3)CC2)C1. The van der Waals surface area contributed by atoms with Gasteiger partial charge in [0.2, 0.25) is 5.91 Å². The minimum absolute atomic E-state index is 0.102. The number of carbonyl (C=O) groups excluding carboxylic acids is 1. The molecule has 28 heavy (non-hydrogen) atoms. The summed E-state index contributed by atoms with van der Waals surface area (Å²) in [5.41, 5.74) is 4.01. The van der Waals surface area contributed by atoms with Gasteiger partial charge in [-0.25, -0.2) is 4.98 Å². The second-order valence-electron chi connectivity index (χ2n) is 7.86. The quantitative estimate of drug-likeness (QED) is 0.809. The van der Waals surface area contributed by atoms with E-state index in [-0.39, 0.29) is 11.8 Å². The largest absolute Gasteiger partial charge is 0.350 e. The molecule has 0 aromatic carbocycles. The number of nitrogens with zero attached hydrogens (tertiary/aromatic N) is 4. The number of likely N-dealkylation sites (tertiary alicyclic amines) is 2. The first-order chi connectivity index (χ1) is 13.8. The molecule has 1 unspecified atom stereocenters. The molecule has 6 nitrogen and oxygen atoms in total. The van der Waals surface area contributed by atoms with Crippen LogP contribution in [0.15, 0.2) is 35.3 Å². The number of amides is 1. The average Bonchev–Trinajstić information content (AvgIpc) is 3.26. The molecule has 2 aliphatic rings. The Balaban J connectivity index is 1.23. The summed E-state index contributed by atoms with van der Waals surface area (Å²) in [7, 11) is 0. The van der Waals surface area contributed by atoms with Crippen LogP contribution >= 0.6 is 11.3 Å². The Morgan fingerprint density at radius 3 is 2.79 bits per heavy atom. The second-order valence-corrected chi connectivity index (χ2v) is 8.58. The molecule has 0 aliphatic carbocycles. The first kappa shape index (κ1) is 19.5. The molecule has 7 heteroatoms. The number of aromatic nitrogens is 2. The highest BCUT2D eigenvalue weighted by atomic mass is 32.1. The van der Waals surface area contributed by atoms with Crippen LogP contribution < -0.4 is 5.32 Å². The molecular weight excluding hydrogens is 370 g/mol. The van der Waals surface area contributed by atoms with Gasteiger partial charge in [-0.2, -0.15) is 0 Å². The standard InChI is InChI=1S/C21H29N5OS/c27-21(23-12-18-5-1-2-8-22-18)17-4-3-9-26(13-17)20-6-10-25(11-7-20)14-19-15-28-16-24-19/h1-2,5,8,15-17,20H,3-4,6-7,9-14H2,(H,23,27). The molecule has 1 atom stereocenters. The number of hydrogen-bond acceptors (Lipinski definition) is 6. The van der Waals surface area contributed by atoms with E-state index in [1.165, 1.54) is 18.5 Å². The van der Waals surface area contributed by atoms with Gasteiger partial charge < -0.3 is 5.32 Å². The number of nitrogens with one attached hydrogen (secondary N) is 1. The van der Waals surface area contributed by atoms with Crippen molar-refractivity contribution >= 4 is 17.2 Å². The number of pyridine rings is 1. The second kappa shape index (κ2) is 9.58. The van der Waals surface area contributed by atoms with Gasteiger partial charge in [-0.3, -0.25) is 19.6 Å². The van der Waals surface area contributed by atoms with Gasteiger partial charge in [0.1, 0.15) is 0 Å². The van der Waals surface area contributed by atoms with Crippen LogP contribution in [-0.2, 0) is 17.9 Å². The van der Waals surface area contributed by atoms with E-state index in [0.717, 1.165) is 51.3 Å². The highest BCUT2D eigenvalue weighted by molar-refractivity contribution is 7.07. The molecule has 150 valence electrons. The minimum atomic E-state index is 0.102. The molecule has 2 saturated heterocycles. The van der Waals surface area contributed by atoms with Crippen molar-refractivity contribution in [1.82, 2.24) is 25.1 Å². The van der Waals surface area contributed by atoms with E-state index in [1.54, 1.807) is 17.5 Å². The van der Waals surface area contributed by atoms with Crippen LogP contribution in [0, 0.1) is 5.92 Å². The normalized spacial score (nSPS) is 22.2. The molecule has 0 spiro atoms. The third-order valence-corrected chi connectivity index (χ3v) is 6.57. The van der Waals surface area contributed by atoms with Crippen molar-refractivity contribution in [2.75, 3.05) is 26.2 Å². The molecular formula is C21H29N5OS. The molecule has 1 amide bonds. The van der Waals surface area contributed by atoms with E-state index in [2.05, 4.69) is 30.5 Å². The molecule has 2 fully saturated rings. The van der Waals surface area contributed by atoms with Crippen molar-refractivity contribution in [3.63, 3.8) is 0 Å². The molecule has 4 rings (SSSR count). The molecule has 1 N–H and O–H groups in total. The Labute approximate surface area is 171 Å². The summed E-state index contributed by atoms with van der Waals surface area (Å²) < 4.78 is 0. The van der Waals surface area contributed by atoms with E-state index in [0.29, 0.717) is 12.6 Å². The molecule has 2 aromatic rings. The van der Waals surface area contributed by atoms with Crippen LogP contribution in [0.2, 0.25) is 0 Å². The zero-order valence-corrected chi connectivity index (χ0v) is 17.1. The van der Waals surface area contributed by atoms with E-state index in [9.17, 15) is 4.79 Å². The van der Waals surface area contributed by atoms with E-state index in [4.69, 9.17) is 0 Å². The van der Waals surface area contributed by atoms with Crippen molar-refractivity contribution < 1.29 is 4.79 Å². The lowest BCUT2D eigenvalue weighted by atomic mass is 9.93. The molecule has 2 aliphatic heterocycles. The van der Waals surface area contributed by atoms with Gasteiger partial charge in [0.05, 0.1) is 29.4 Å². The highest BCUT2D eigenvalue weighted by Gasteiger charge is 2.31. The van der Waals surface area contributed by atoms with E-state index >= 15 is 0 Å². The van der Waals surface area contributed by atoms with Crippen molar-refractivity contribution in [2.45, 2.75) is 44.8 Å². The molecule has 0 radical (unpaired) electrons.